The third kappa shape index (κ3) is 19.3. The molecule has 0 aliphatic heterocycles. The van der Waals surface area contributed by atoms with E-state index >= 15 is 0 Å². The average Bonchev–Trinajstić information content (AvgIpc) is 2.51. The lowest BCUT2D eigenvalue weighted by molar-refractivity contribution is -0.586. The summed E-state index contributed by atoms with van der Waals surface area (Å²) >= 11 is 0. The number of amides is 1. The maximum atomic E-state index is 11.4. The molecule has 0 aliphatic carbocycles. The maximum absolute atomic E-state index is 11.4. The van der Waals surface area contributed by atoms with Crippen LogP contribution in [0.25, 0.3) is 0 Å². The van der Waals surface area contributed by atoms with Crippen molar-refractivity contribution < 1.29 is 10.3 Å². The minimum absolute atomic E-state index is 0.0873. The Morgan fingerprint density at radius 1 is 0.870 bits per heavy atom. The molecule has 0 radical (unpaired) electrons. The van der Waals surface area contributed by atoms with Crippen molar-refractivity contribution >= 4 is 5.91 Å². The number of hydrogen-bond donors (Lipinski definition) is 2. The fourth-order valence-electron chi connectivity index (χ4n) is 2.79. The second-order valence-electron chi connectivity index (χ2n) is 7.13. The van der Waals surface area contributed by atoms with Gasteiger partial charge >= 0.3 is 0 Å². The van der Waals surface area contributed by atoms with Crippen LogP contribution in [-0.4, -0.2) is 19.0 Å². The van der Waals surface area contributed by atoms with Gasteiger partial charge in [-0.15, -0.1) is 0 Å². The Hall–Kier alpha value is -0.610. The summed E-state index contributed by atoms with van der Waals surface area (Å²) in [6.07, 6.45) is 16.4. The predicted octanol–water partition coefficient (Wildman–Crippen LogP) is 3.89. The number of nitrogens with two attached hydrogens (primary N) is 1. The van der Waals surface area contributed by atoms with Gasteiger partial charge in [-0.1, -0.05) is 84.5 Å². The zero-order chi connectivity index (χ0) is 17.2. The monoisotopic (exact) mass is 328 g/mol. The zero-order valence-electron chi connectivity index (χ0n) is 15.6. The Labute approximate surface area is 143 Å². The molecule has 0 fully saturated rings. The molecule has 0 heterocycles. The van der Waals surface area contributed by atoms with Gasteiger partial charge in [-0.2, -0.15) is 0 Å². The largest absolute Gasteiger partial charge is 0.636 e. The molecular formula is C19H40N2O2. The van der Waals surface area contributed by atoms with Crippen molar-refractivity contribution in [2.45, 2.75) is 97.3 Å². The summed E-state index contributed by atoms with van der Waals surface area (Å²) < 4.78 is 0. The van der Waals surface area contributed by atoms with E-state index in [1.807, 2.05) is 0 Å². The van der Waals surface area contributed by atoms with Crippen molar-refractivity contribution in [2.75, 3.05) is 13.1 Å². The quantitative estimate of drug-likeness (QED) is 0.314. The van der Waals surface area contributed by atoms with Crippen LogP contribution in [0.5, 0.6) is 0 Å². The number of hydroxylamine groups is 1. The van der Waals surface area contributed by atoms with E-state index < -0.39 is 0 Å². The number of unbranched alkanes of at least 4 members (excludes halogenated alkanes) is 10. The molecule has 0 saturated heterocycles. The second-order valence-corrected chi connectivity index (χ2v) is 7.13. The van der Waals surface area contributed by atoms with Crippen molar-refractivity contribution in [1.29, 1.82) is 0 Å². The Balaban J connectivity index is 3.09. The van der Waals surface area contributed by atoms with Crippen molar-refractivity contribution in [3.63, 3.8) is 0 Å². The number of carbonyl (C=O) groups is 1. The molecule has 0 aliphatic rings. The first-order valence-corrected chi connectivity index (χ1v) is 9.87. The predicted molar refractivity (Wildman–Crippen MR) is 98.0 cm³/mol. The van der Waals surface area contributed by atoms with E-state index in [9.17, 15) is 10.0 Å². The summed E-state index contributed by atoms with van der Waals surface area (Å²) in [5.74, 6) is 0.946. The molecule has 0 unspecified atom stereocenters. The molecule has 0 spiro atoms. The molecule has 0 aromatic rings. The van der Waals surface area contributed by atoms with Crippen LogP contribution in [0.4, 0.5) is 0 Å². The van der Waals surface area contributed by atoms with E-state index in [1.165, 1.54) is 64.2 Å². The SMILES string of the molecule is CC(C)CCCCCCCCCCCCCC(=O)NCC[NH2+][O-]. The number of nitrogens with one attached hydrogen (secondary N) is 1. The summed E-state index contributed by atoms with van der Waals surface area (Å²) in [7, 11) is 0. The van der Waals surface area contributed by atoms with Crippen LogP contribution in [0.15, 0.2) is 0 Å². The van der Waals surface area contributed by atoms with E-state index in [2.05, 4.69) is 19.2 Å². The normalized spacial score (nSPS) is 11.1. The van der Waals surface area contributed by atoms with Crippen molar-refractivity contribution in [3.8, 4) is 0 Å². The van der Waals surface area contributed by atoms with Gasteiger partial charge in [-0.25, -0.2) is 0 Å². The number of hydrogen-bond acceptors (Lipinski definition) is 2. The molecule has 1 amide bonds. The Bertz CT molecular complexity index is 258. The van der Waals surface area contributed by atoms with Crippen molar-refractivity contribution in [3.05, 3.63) is 5.21 Å². The van der Waals surface area contributed by atoms with Crippen LogP contribution < -0.4 is 10.8 Å². The molecule has 138 valence electrons. The van der Waals surface area contributed by atoms with Gasteiger partial charge < -0.3 is 16.0 Å². The highest BCUT2D eigenvalue weighted by Crippen LogP contribution is 2.14. The second kappa shape index (κ2) is 17.7. The van der Waals surface area contributed by atoms with E-state index in [4.69, 9.17) is 0 Å². The smallest absolute Gasteiger partial charge is 0.220 e. The first-order valence-electron chi connectivity index (χ1n) is 9.87. The van der Waals surface area contributed by atoms with Gasteiger partial charge in [-0.3, -0.25) is 4.79 Å². The average molecular weight is 329 g/mol. The fraction of sp³-hybridized carbons (Fsp3) is 0.947. The van der Waals surface area contributed by atoms with E-state index in [0.29, 0.717) is 19.5 Å². The molecule has 4 heteroatoms. The van der Waals surface area contributed by atoms with Crippen molar-refractivity contribution in [1.82, 2.24) is 5.32 Å². The highest BCUT2D eigenvalue weighted by molar-refractivity contribution is 5.75. The minimum atomic E-state index is 0.0873. The Kier molecular flexibility index (Phi) is 17.3. The summed E-state index contributed by atoms with van der Waals surface area (Å²) in [4.78, 5) is 11.4. The lowest BCUT2D eigenvalue weighted by atomic mass is 10.0. The van der Waals surface area contributed by atoms with Crippen molar-refractivity contribution in [2.24, 2.45) is 5.92 Å². The summed E-state index contributed by atoms with van der Waals surface area (Å²) in [5, 5.41) is 12.9. The van der Waals surface area contributed by atoms with Gasteiger partial charge in [0, 0.05) is 6.42 Å². The van der Waals surface area contributed by atoms with Crippen LogP contribution in [0.2, 0.25) is 0 Å². The lowest BCUT2D eigenvalue weighted by Gasteiger charge is -2.06. The maximum Gasteiger partial charge on any atom is 0.220 e. The Morgan fingerprint density at radius 2 is 1.35 bits per heavy atom. The number of quaternary nitrogens is 1. The molecule has 23 heavy (non-hydrogen) atoms. The highest BCUT2D eigenvalue weighted by atomic mass is 16.5. The van der Waals surface area contributed by atoms with Crippen LogP contribution in [0.3, 0.4) is 0 Å². The van der Waals surface area contributed by atoms with Gasteiger partial charge in [0.05, 0.1) is 13.1 Å². The van der Waals surface area contributed by atoms with Gasteiger partial charge in [0.25, 0.3) is 0 Å². The third-order valence-electron chi connectivity index (χ3n) is 4.27. The third-order valence-corrected chi connectivity index (χ3v) is 4.27. The fourth-order valence-corrected chi connectivity index (χ4v) is 2.79. The van der Waals surface area contributed by atoms with Crippen LogP contribution >= 0.6 is 0 Å². The van der Waals surface area contributed by atoms with E-state index in [1.54, 1.807) is 0 Å². The molecule has 0 aromatic carbocycles. The summed E-state index contributed by atoms with van der Waals surface area (Å²) in [5.41, 5.74) is 0.839. The van der Waals surface area contributed by atoms with Gasteiger partial charge in [0.1, 0.15) is 0 Å². The number of carbonyl (C=O) groups excluding carboxylic acids is 1. The molecule has 0 bridgehead atoms. The minimum Gasteiger partial charge on any atom is -0.636 e. The van der Waals surface area contributed by atoms with Gasteiger partial charge in [0.2, 0.25) is 5.91 Å². The Morgan fingerprint density at radius 3 is 1.83 bits per heavy atom. The molecular weight excluding hydrogens is 288 g/mol. The number of rotatable bonds is 17. The topological polar surface area (TPSA) is 68.8 Å². The molecule has 0 aromatic heterocycles. The van der Waals surface area contributed by atoms with E-state index in [0.717, 1.165) is 24.2 Å². The molecule has 0 atom stereocenters. The molecule has 0 rings (SSSR count). The molecule has 4 nitrogen and oxygen atoms in total. The summed E-state index contributed by atoms with van der Waals surface area (Å²) in [6, 6.07) is 0. The van der Waals surface area contributed by atoms with Gasteiger partial charge in [0.15, 0.2) is 0 Å². The molecule has 3 N–H and O–H groups in total. The highest BCUT2D eigenvalue weighted by Gasteiger charge is 2.00. The van der Waals surface area contributed by atoms with Gasteiger partial charge in [-0.05, 0) is 12.3 Å². The molecule has 0 saturated carbocycles. The first-order chi connectivity index (χ1) is 11.2. The summed E-state index contributed by atoms with van der Waals surface area (Å²) in [6.45, 7) is 5.52. The van der Waals surface area contributed by atoms with Crippen LogP contribution in [0.1, 0.15) is 97.3 Å². The standard InChI is InChI=1S/C19H40N2O2/c1-18(2)14-12-10-8-6-4-3-5-7-9-11-13-15-19(22)20-16-17-21-23/h18H,3-17,21H2,1-2H3,(H,20,22). The van der Waals surface area contributed by atoms with Crippen LogP contribution in [-0.2, 0) is 4.79 Å². The lowest BCUT2D eigenvalue weighted by Crippen LogP contribution is -2.79. The first kappa shape index (κ1) is 22.4. The van der Waals surface area contributed by atoms with Crippen LogP contribution in [0, 0.1) is 11.1 Å². The zero-order valence-corrected chi connectivity index (χ0v) is 15.6. The van der Waals surface area contributed by atoms with E-state index in [-0.39, 0.29) is 5.91 Å².